The van der Waals surface area contributed by atoms with E-state index in [0.29, 0.717) is 18.3 Å². The Bertz CT molecular complexity index is 578. The molecule has 4 bridgehead atoms. The maximum atomic E-state index is 12.3. The SMILES string of the molecule is C=CCNC(=O)NC(=O)COC(=O)CC12C[C@@H]3C[C@H](CC(Br)(C3)C1)C2. The molecule has 6 nitrogen and oxygen atoms in total. The number of amides is 3. The summed E-state index contributed by atoms with van der Waals surface area (Å²) >= 11 is 3.92. The highest BCUT2D eigenvalue weighted by molar-refractivity contribution is 9.10. The van der Waals surface area contributed by atoms with E-state index in [9.17, 15) is 14.4 Å². The van der Waals surface area contributed by atoms with Gasteiger partial charge in [-0.05, 0) is 55.8 Å². The summed E-state index contributed by atoms with van der Waals surface area (Å²) < 4.78 is 5.31. The Labute approximate surface area is 156 Å². The number of halogens is 1. The van der Waals surface area contributed by atoms with E-state index in [-0.39, 0.29) is 22.3 Å². The summed E-state index contributed by atoms with van der Waals surface area (Å²) in [5.74, 6) is 0.424. The number of hydrogen-bond acceptors (Lipinski definition) is 4. The van der Waals surface area contributed by atoms with E-state index in [1.165, 1.54) is 25.3 Å². The largest absolute Gasteiger partial charge is 0.456 e. The van der Waals surface area contributed by atoms with Gasteiger partial charge in [0.05, 0.1) is 6.42 Å². The number of esters is 1. The zero-order valence-corrected chi connectivity index (χ0v) is 15.9. The molecule has 4 aliphatic carbocycles. The summed E-state index contributed by atoms with van der Waals surface area (Å²) in [6.45, 7) is 3.30. The molecule has 0 spiro atoms. The first kappa shape index (κ1) is 18.4. The minimum absolute atomic E-state index is 0.0163. The summed E-state index contributed by atoms with van der Waals surface area (Å²) in [4.78, 5) is 35.3. The predicted molar refractivity (Wildman–Crippen MR) is 96.1 cm³/mol. The van der Waals surface area contributed by atoms with Crippen molar-refractivity contribution < 1.29 is 19.1 Å². The average molecular weight is 413 g/mol. The van der Waals surface area contributed by atoms with Crippen molar-refractivity contribution in [3.63, 3.8) is 0 Å². The molecule has 0 radical (unpaired) electrons. The van der Waals surface area contributed by atoms with Crippen LogP contribution in [0.1, 0.15) is 44.9 Å². The number of hydrogen-bond donors (Lipinski definition) is 2. The van der Waals surface area contributed by atoms with Crippen LogP contribution in [0.4, 0.5) is 4.79 Å². The van der Waals surface area contributed by atoms with Crippen LogP contribution in [0.2, 0.25) is 0 Å². The zero-order chi connectivity index (χ0) is 18.1. The van der Waals surface area contributed by atoms with Crippen molar-refractivity contribution in [2.24, 2.45) is 17.3 Å². The average Bonchev–Trinajstić information content (AvgIpc) is 2.48. The molecule has 4 fully saturated rings. The molecule has 0 aromatic heterocycles. The van der Waals surface area contributed by atoms with Gasteiger partial charge >= 0.3 is 12.0 Å². The molecular formula is C18H25BrN2O4. The molecule has 138 valence electrons. The van der Waals surface area contributed by atoms with Gasteiger partial charge < -0.3 is 10.1 Å². The maximum Gasteiger partial charge on any atom is 0.321 e. The van der Waals surface area contributed by atoms with Crippen LogP contribution in [0.15, 0.2) is 12.7 Å². The Hall–Kier alpha value is -1.37. The molecule has 4 aliphatic rings. The van der Waals surface area contributed by atoms with Crippen LogP contribution >= 0.6 is 15.9 Å². The van der Waals surface area contributed by atoms with E-state index < -0.39 is 18.5 Å². The fourth-order valence-electron chi connectivity index (χ4n) is 5.42. The van der Waals surface area contributed by atoms with E-state index in [4.69, 9.17) is 4.74 Å². The molecule has 0 unspecified atom stereocenters. The van der Waals surface area contributed by atoms with E-state index in [1.54, 1.807) is 0 Å². The third-order valence-corrected chi connectivity index (χ3v) is 6.58. The molecule has 3 amide bonds. The Morgan fingerprint density at radius 2 is 1.88 bits per heavy atom. The smallest absolute Gasteiger partial charge is 0.321 e. The van der Waals surface area contributed by atoms with Crippen molar-refractivity contribution in [1.82, 2.24) is 10.6 Å². The fourth-order valence-corrected chi connectivity index (χ4v) is 6.93. The molecule has 7 heteroatoms. The molecule has 4 saturated carbocycles. The third-order valence-electron chi connectivity index (χ3n) is 5.65. The van der Waals surface area contributed by atoms with Gasteiger partial charge in [0.25, 0.3) is 5.91 Å². The van der Waals surface area contributed by atoms with Crippen molar-refractivity contribution in [1.29, 1.82) is 0 Å². The standard InChI is InChI=1S/C18H25BrN2O4/c1-2-3-20-16(24)21-14(22)10-25-15(23)9-17-5-12-4-13(6-17)8-18(19,7-12)11-17/h2,12-13H,1,3-11H2,(H2,20,21,22,24)/t12-,13-,17?,18?/m0/s1. The van der Waals surface area contributed by atoms with Crippen molar-refractivity contribution in [3.05, 3.63) is 12.7 Å². The normalized spacial score (nSPS) is 35.1. The summed E-state index contributed by atoms with van der Waals surface area (Å²) in [6.07, 6.45) is 8.76. The van der Waals surface area contributed by atoms with E-state index in [1.807, 2.05) is 0 Å². The van der Waals surface area contributed by atoms with Crippen LogP contribution in [0.3, 0.4) is 0 Å². The van der Waals surface area contributed by atoms with Gasteiger partial charge in [-0.2, -0.15) is 0 Å². The van der Waals surface area contributed by atoms with Gasteiger partial charge in [-0.15, -0.1) is 6.58 Å². The lowest BCUT2D eigenvalue weighted by atomic mass is 9.49. The van der Waals surface area contributed by atoms with Gasteiger partial charge in [-0.25, -0.2) is 4.79 Å². The molecule has 2 atom stereocenters. The van der Waals surface area contributed by atoms with E-state index >= 15 is 0 Å². The summed E-state index contributed by atoms with van der Waals surface area (Å²) in [5.41, 5.74) is 0.0163. The molecule has 0 aliphatic heterocycles. The lowest BCUT2D eigenvalue weighted by Gasteiger charge is -2.60. The Kier molecular flexibility index (Phi) is 5.23. The Balaban J connectivity index is 1.46. The first-order chi connectivity index (χ1) is 11.8. The molecule has 25 heavy (non-hydrogen) atoms. The molecule has 4 rings (SSSR count). The predicted octanol–water partition coefficient (Wildman–Crippen LogP) is 2.67. The highest BCUT2D eigenvalue weighted by Crippen LogP contribution is 2.65. The van der Waals surface area contributed by atoms with Gasteiger partial charge in [0.2, 0.25) is 0 Å². The zero-order valence-electron chi connectivity index (χ0n) is 14.3. The first-order valence-electron chi connectivity index (χ1n) is 8.85. The van der Waals surface area contributed by atoms with Crippen LogP contribution < -0.4 is 10.6 Å². The highest BCUT2D eigenvalue weighted by Gasteiger charge is 2.57. The number of nitrogens with one attached hydrogen (secondary N) is 2. The van der Waals surface area contributed by atoms with Crippen LogP contribution in [0.5, 0.6) is 0 Å². The highest BCUT2D eigenvalue weighted by atomic mass is 79.9. The van der Waals surface area contributed by atoms with E-state index in [0.717, 1.165) is 19.3 Å². The topological polar surface area (TPSA) is 84.5 Å². The van der Waals surface area contributed by atoms with Crippen molar-refractivity contribution in [2.45, 2.75) is 49.3 Å². The second kappa shape index (κ2) is 7.09. The molecule has 0 heterocycles. The van der Waals surface area contributed by atoms with Crippen molar-refractivity contribution in [2.75, 3.05) is 13.2 Å². The van der Waals surface area contributed by atoms with Crippen LogP contribution in [-0.2, 0) is 14.3 Å². The number of urea groups is 1. The Morgan fingerprint density at radius 3 is 2.48 bits per heavy atom. The molecule has 0 saturated heterocycles. The van der Waals surface area contributed by atoms with Gasteiger partial charge in [-0.3, -0.25) is 14.9 Å². The second-order valence-electron chi connectivity index (χ2n) is 8.00. The summed E-state index contributed by atoms with van der Waals surface area (Å²) in [6, 6.07) is -0.622. The van der Waals surface area contributed by atoms with Gasteiger partial charge in [-0.1, -0.05) is 22.0 Å². The fraction of sp³-hybridized carbons (Fsp3) is 0.722. The van der Waals surface area contributed by atoms with Crippen molar-refractivity contribution >= 4 is 33.8 Å². The molecule has 0 aromatic carbocycles. The van der Waals surface area contributed by atoms with Gasteiger partial charge in [0.1, 0.15) is 0 Å². The lowest BCUT2D eigenvalue weighted by molar-refractivity contribution is -0.154. The lowest BCUT2D eigenvalue weighted by Crippen LogP contribution is -2.53. The number of imide groups is 1. The minimum Gasteiger partial charge on any atom is -0.456 e. The minimum atomic E-state index is -0.627. The monoisotopic (exact) mass is 412 g/mol. The number of alkyl halides is 1. The summed E-state index contributed by atoms with van der Waals surface area (Å²) in [7, 11) is 0. The summed E-state index contributed by atoms with van der Waals surface area (Å²) in [5, 5.41) is 4.54. The van der Waals surface area contributed by atoms with E-state index in [2.05, 4.69) is 33.1 Å². The van der Waals surface area contributed by atoms with Crippen molar-refractivity contribution in [3.8, 4) is 0 Å². The Morgan fingerprint density at radius 1 is 1.20 bits per heavy atom. The van der Waals surface area contributed by atoms with Crippen LogP contribution in [0, 0.1) is 17.3 Å². The molecule has 0 aromatic rings. The first-order valence-corrected chi connectivity index (χ1v) is 9.64. The maximum absolute atomic E-state index is 12.3. The second-order valence-corrected chi connectivity index (χ2v) is 9.68. The quantitative estimate of drug-likeness (QED) is 0.399. The molecular weight excluding hydrogens is 388 g/mol. The number of ether oxygens (including phenoxy) is 1. The number of carbonyl (C=O) groups excluding carboxylic acids is 3. The van der Waals surface area contributed by atoms with Gasteiger partial charge in [0.15, 0.2) is 6.61 Å². The third kappa shape index (κ3) is 4.43. The number of carbonyl (C=O) groups is 3. The molecule has 2 N–H and O–H groups in total. The number of rotatable bonds is 6. The van der Waals surface area contributed by atoms with Gasteiger partial charge in [0, 0.05) is 10.9 Å². The van der Waals surface area contributed by atoms with Crippen LogP contribution in [-0.4, -0.2) is 35.4 Å². The van der Waals surface area contributed by atoms with Crippen LogP contribution in [0.25, 0.3) is 0 Å².